The average molecular weight is 312 g/mol. The third kappa shape index (κ3) is 3.96. The fourth-order valence-corrected chi connectivity index (χ4v) is 2.80. The third-order valence-electron chi connectivity index (χ3n) is 3.83. The first kappa shape index (κ1) is 16.7. The summed E-state index contributed by atoms with van der Waals surface area (Å²) in [6.45, 7) is 5.23. The third-order valence-corrected chi connectivity index (χ3v) is 3.83. The van der Waals surface area contributed by atoms with Crippen molar-refractivity contribution in [3.63, 3.8) is 0 Å². The molecule has 3 nitrogen and oxygen atoms in total. The van der Waals surface area contributed by atoms with E-state index in [9.17, 15) is 18.7 Å². The smallest absolute Gasteiger partial charge is 0.342 e. The lowest BCUT2D eigenvalue weighted by Crippen LogP contribution is -2.27. The number of halogens is 2. The number of hydrogen-bond acceptors (Lipinski definition) is 3. The quantitative estimate of drug-likeness (QED) is 0.809. The largest absolute Gasteiger partial charge is 0.507 e. The van der Waals surface area contributed by atoms with Crippen molar-refractivity contribution in [1.82, 2.24) is 0 Å². The average Bonchev–Trinajstić information content (AvgIpc) is 2.36. The van der Waals surface area contributed by atoms with E-state index in [0.717, 1.165) is 0 Å². The van der Waals surface area contributed by atoms with Crippen molar-refractivity contribution >= 4 is 5.97 Å². The number of phenolic OH excluding ortho intramolecular Hbond substituents is 1. The van der Waals surface area contributed by atoms with Gasteiger partial charge in [0.25, 0.3) is 0 Å². The summed E-state index contributed by atoms with van der Waals surface area (Å²) in [4.78, 5) is 12.3. The molecule has 1 aromatic carbocycles. The van der Waals surface area contributed by atoms with Gasteiger partial charge in [-0.2, -0.15) is 0 Å². The predicted octanol–water partition coefficient (Wildman–Crippen LogP) is 4.64. The van der Waals surface area contributed by atoms with Gasteiger partial charge in [-0.05, 0) is 51.2 Å². The van der Waals surface area contributed by atoms with E-state index in [1.807, 2.05) is 0 Å². The van der Waals surface area contributed by atoms with Crippen LogP contribution in [0.2, 0.25) is 0 Å². The summed E-state index contributed by atoms with van der Waals surface area (Å²) in [5.74, 6) is -3.56. The molecule has 0 bridgehead atoms. The van der Waals surface area contributed by atoms with Crippen LogP contribution < -0.4 is 0 Å². The highest BCUT2D eigenvalue weighted by Crippen LogP contribution is 2.43. The van der Waals surface area contributed by atoms with Gasteiger partial charge in [0.2, 0.25) is 5.92 Å². The Labute approximate surface area is 129 Å². The molecule has 0 spiro atoms. The number of ether oxygens (including phenoxy) is 1. The molecule has 0 aliphatic heterocycles. The molecule has 2 rings (SSSR count). The molecule has 1 aliphatic carbocycles. The minimum absolute atomic E-state index is 0.104. The maximum Gasteiger partial charge on any atom is 0.342 e. The Hall–Kier alpha value is -1.65. The van der Waals surface area contributed by atoms with Crippen molar-refractivity contribution in [3.8, 4) is 5.75 Å². The Morgan fingerprint density at radius 1 is 1.27 bits per heavy atom. The summed E-state index contributed by atoms with van der Waals surface area (Å²) in [5.41, 5.74) is 0.0216. The van der Waals surface area contributed by atoms with E-state index < -0.39 is 17.5 Å². The zero-order valence-corrected chi connectivity index (χ0v) is 13.2. The van der Waals surface area contributed by atoms with Crippen molar-refractivity contribution < 1.29 is 23.4 Å². The zero-order valence-electron chi connectivity index (χ0n) is 13.2. The second-order valence-corrected chi connectivity index (χ2v) is 6.87. The van der Waals surface area contributed by atoms with E-state index in [4.69, 9.17) is 4.74 Å². The second kappa shape index (κ2) is 5.86. The monoisotopic (exact) mass is 312 g/mol. The van der Waals surface area contributed by atoms with Crippen LogP contribution in [0.1, 0.15) is 68.3 Å². The summed E-state index contributed by atoms with van der Waals surface area (Å²) in [5, 5.41) is 10.0. The van der Waals surface area contributed by atoms with Crippen molar-refractivity contribution in [2.45, 2.75) is 63.9 Å². The molecule has 22 heavy (non-hydrogen) atoms. The number of rotatable bonds is 2. The lowest BCUT2D eigenvalue weighted by molar-refractivity contribution is -0.0382. The maximum atomic E-state index is 13.3. The van der Waals surface area contributed by atoms with E-state index in [1.165, 1.54) is 6.07 Å². The molecule has 0 radical (unpaired) electrons. The summed E-state index contributed by atoms with van der Waals surface area (Å²) >= 11 is 0. The molecular weight excluding hydrogens is 290 g/mol. The van der Waals surface area contributed by atoms with Gasteiger partial charge in [-0.3, -0.25) is 0 Å². The van der Waals surface area contributed by atoms with E-state index in [0.29, 0.717) is 18.4 Å². The summed E-state index contributed by atoms with van der Waals surface area (Å²) in [6.07, 6.45) is 0.209. The SMILES string of the molecule is CC(C)(C)OC(=O)c1c(O)cccc1C1CCC(F)(F)CC1. The van der Waals surface area contributed by atoms with Gasteiger partial charge in [0, 0.05) is 12.8 Å². The van der Waals surface area contributed by atoms with Crippen LogP contribution >= 0.6 is 0 Å². The topological polar surface area (TPSA) is 46.5 Å². The normalized spacial score (nSPS) is 19.0. The number of carbonyl (C=O) groups is 1. The molecule has 1 aliphatic rings. The molecular formula is C17H22F2O3. The molecule has 1 N–H and O–H groups in total. The van der Waals surface area contributed by atoms with E-state index >= 15 is 0 Å². The fraction of sp³-hybridized carbons (Fsp3) is 0.588. The standard InChI is InChI=1S/C17H22F2O3/c1-16(2,3)22-15(21)14-12(5-4-6-13(14)20)11-7-9-17(18,19)10-8-11/h4-6,11,20H,7-10H2,1-3H3. The minimum Gasteiger partial charge on any atom is -0.507 e. The molecule has 0 amide bonds. The maximum absolute atomic E-state index is 13.3. The van der Waals surface area contributed by atoms with Crippen molar-refractivity contribution in [2.24, 2.45) is 0 Å². The summed E-state index contributed by atoms with van der Waals surface area (Å²) in [7, 11) is 0. The molecule has 0 heterocycles. The Morgan fingerprint density at radius 3 is 2.41 bits per heavy atom. The number of benzene rings is 1. The van der Waals surface area contributed by atoms with Crippen LogP contribution in [0.5, 0.6) is 5.75 Å². The molecule has 0 aromatic heterocycles. The highest BCUT2D eigenvalue weighted by atomic mass is 19.3. The van der Waals surface area contributed by atoms with E-state index in [1.54, 1.807) is 32.9 Å². The predicted molar refractivity (Wildman–Crippen MR) is 79.4 cm³/mol. The number of carbonyl (C=O) groups excluding carboxylic acids is 1. The number of esters is 1. The highest BCUT2D eigenvalue weighted by Gasteiger charge is 2.37. The molecule has 5 heteroatoms. The number of alkyl halides is 2. The van der Waals surface area contributed by atoms with Gasteiger partial charge in [0.05, 0.1) is 0 Å². The Bertz CT molecular complexity index is 552. The van der Waals surface area contributed by atoms with Crippen LogP contribution in [0.25, 0.3) is 0 Å². The fourth-order valence-electron chi connectivity index (χ4n) is 2.80. The first-order valence-corrected chi connectivity index (χ1v) is 7.52. The highest BCUT2D eigenvalue weighted by molar-refractivity contribution is 5.94. The second-order valence-electron chi connectivity index (χ2n) is 6.87. The zero-order chi connectivity index (χ0) is 16.5. The summed E-state index contributed by atoms with van der Waals surface area (Å²) < 4.78 is 32.0. The Kier molecular flexibility index (Phi) is 4.45. The van der Waals surface area contributed by atoms with Crippen molar-refractivity contribution in [2.75, 3.05) is 0 Å². The first-order valence-electron chi connectivity index (χ1n) is 7.52. The van der Waals surface area contributed by atoms with Gasteiger partial charge in [-0.1, -0.05) is 12.1 Å². The molecule has 1 fully saturated rings. The Balaban J connectivity index is 2.29. The van der Waals surface area contributed by atoms with E-state index in [2.05, 4.69) is 0 Å². The van der Waals surface area contributed by atoms with Gasteiger partial charge >= 0.3 is 5.97 Å². The number of phenols is 1. The first-order chi connectivity index (χ1) is 10.1. The van der Waals surface area contributed by atoms with Crippen molar-refractivity contribution in [3.05, 3.63) is 29.3 Å². The number of hydrogen-bond donors (Lipinski definition) is 1. The van der Waals surface area contributed by atoms with Gasteiger partial charge in [-0.25, -0.2) is 13.6 Å². The summed E-state index contributed by atoms with van der Waals surface area (Å²) in [6, 6.07) is 4.76. The Morgan fingerprint density at radius 2 is 1.86 bits per heavy atom. The molecule has 0 saturated heterocycles. The molecule has 1 saturated carbocycles. The van der Waals surface area contributed by atoms with Crippen molar-refractivity contribution in [1.29, 1.82) is 0 Å². The van der Waals surface area contributed by atoms with Gasteiger partial charge < -0.3 is 9.84 Å². The van der Waals surface area contributed by atoms with Crippen LogP contribution in [0, 0.1) is 0 Å². The van der Waals surface area contributed by atoms with Crippen LogP contribution in [0.4, 0.5) is 8.78 Å². The lowest BCUT2D eigenvalue weighted by Gasteiger charge is -2.30. The molecule has 0 atom stereocenters. The minimum atomic E-state index is -2.63. The molecule has 1 aromatic rings. The van der Waals surface area contributed by atoms with Crippen LogP contribution in [-0.4, -0.2) is 22.6 Å². The van der Waals surface area contributed by atoms with Gasteiger partial charge in [0.15, 0.2) is 0 Å². The number of aromatic hydroxyl groups is 1. The van der Waals surface area contributed by atoms with E-state index in [-0.39, 0.29) is 30.1 Å². The van der Waals surface area contributed by atoms with Gasteiger partial charge in [-0.15, -0.1) is 0 Å². The van der Waals surface area contributed by atoms with Gasteiger partial charge in [0.1, 0.15) is 16.9 Å². The lowest BCUT2D eigenvalue weighted by atomic mass is 9.80. The van der Waals surface area contributed by atoms with Crippen LogP contribution in [0.3, 0.4) is 0 Å². The molecule has 0 unspecified atom stereocenters. The van der Waals surface area contributed by atoms with Crippen LogP contribution in [0.15, 0.2) is 18.2 Å². The molecule has 122 valence electrons. The van der Waals surface area contributed by atoms with Crippen LogP contribution in [-0.2, 0) is 4.74 Å².